The maximum absolute atomic E-state index is 12.7. The molecular formula is C17H25ClN2O2. The predicted molar refractivity (Wildman–Crippen MR) is 88.1 cm³/mol. The summed E-state index contributed by atoms with van der Waals surface area (Å²) in [6, 6.07) is 3.39. The second kappa shape index (κ2) is 6.86. The molecule has 1 aliphatic rings. The number of rotatable bonds is 4. The van der Waals surface area contributed by atoms with Crippen molar-refractivity contribution in [3.8, 4) is 5.88 Å². The zero-order chi connectivity index (χ0) is 16.3. The lowest BCUT2D eigenvalue weighted by Crippen LogP contribution is -2.51. The van der Waals surface area contributed by atoms with E-state index in [4.69, 9.17) is 16.3 Å². The average molecular weight is 325 g/mol. The lowest BCUT2D eigenvalue weighted by atomic mass is 9.86. The highest BCUT2D eigenvalue weighted by molar-refractivity contribution is 6.30. The fraction of sp³-hybridized carbons (Fsp3) is 0.647. The van der Waals surface area contributed by atoms with Gasteiger partial charge in [-0.25, -0.2) is 4.98 Å². The summed E-state index contributed by atoms with van der Waals surface area (Å²) in [6.45, 7) is 9.70. The molecule has 1 aromatic rings. The summed E-state index contributed by atoms with van der Waals surface area (Å²) in [7, 11) is 0. The molecule has 4 nitrogen and oxygen atoms in total. The molecule has 0 aromatic carbocycles. The molecule has 0 unspecified atom stereocenters. The molecule has 5 heteroatoms. The van der Waals surface area contributed by atoms with Crippen LogP contribution < -0.4 is 4.74 Å². The maximum atomic E-state index is 12.7. The Kier molecular flexibility index (Phi) is 5.32. The van der Waals surface area contributed by atoms with Crippen LogP contribution in [0.2, 0.25) is 5.02 Å². The Morgan fingerprint density at radius 1 is 1.36 bits per heavy atom. The number of carbonyl (C=O) groups excluding carboxylic acids is 1. The van der Waals surface area contributed by atoms with Gasteiger partial charge in [-0.05, 0) is 44.6 Å². The number of hydrogen-bond donors (Lipinski definition) is 0. The van der Waals surface area contributed by atoms with E-state index < -0.39 is 5.60 Å². The molecule has 0 saturated carbocycles. The van der Waals surface area contributed by atoms with E-state index in [0.29, 0.717) is 22.7 Å². The minimum Gasteiger partial charge on any atom is -0.462 e. The van der Waals surface area contributed by atoms with Crippen molar-refractivity contribution in [3.63, 3.8) is 0 Å². The summed E-state index contributed by atoms with van der Waals surface area (Å²) in [5.74, 6) is 1.83. The molecule has 2 rings (SSSR count). The smallest absolute Gasteiger partial charge is 0.266 e. The molecule has 0 radical (unpaired) electrons. The molecule has 1 fully saturated rings. The van der Waals surface area contributed by atoms with Crippen molar-refractivity contribution in [2.75, 3.05) is 13.1 Å². The summed E-state index contributed by atoms with van der Waals surface area (Å²) in [5.41, 5.74) is -0.925. The number of likely N-dealkylation sites (tertiary alicyclic amines) is 1. The van der Waals surface area contributed by atoms with Crippen LogP contribution in [0.5, 0.6) is 5.88 Å². The highest BCUT2D eigenvalue weighted by atomic mass is 35.5. The third kappa shape index (κ3) is 4.13. The number of carbonyl (C=O) groups is 1. The summed E-state index contributed by atoms with van der Waals surface area (Å²) in [5, 5.41) is 0.548. The molecule has 2 heterocycles. The van der Waals surface area contributed by atoms with E-state index in [0.717, 1.165) is 25.9 Å². The van der Waals surface area contributed by atoms with E-state index in [2.05, 4.69) is 18.8 Å². The van der Waals surface area contributed by atoms with Crippen LogP contribution in [0.4, 0.5) is 0 Å². The van der Waals surface area contributed by atoms with Crippen molar-refractivity contribution < 1.29 is 9.53 Å². The summed E-state index contributed by atoms with van der Waals surface area (Å²) < 4.78 is 5.79. The fourth-order valence-electron chi connectivity index (χ4n) is 2.88. The topological polar surface area (TPSA) is 42.4 Å². The average Bonchev–Trinajstić information content (AvgIpc) is 2.48. The molecule has 1 aromatic heterocycles. The number of aromatic nitrogens is 1. The van der Waals surface area contributed by atoms with E-state index in [1.54, 1.807) is 26.0 Å². The van der Waals surface area contributed by atoms with Crippen LogP contribution in [-0.4, -0.2) is 34.5 Å². The van der Waals surface area contributed by atoms with Crippen molar-refractivity contribution >= 4 is 17.5 Å². The quantitative estimate of drug-likeness (QED) is 0.846. The second-order valence-electron chi connectivity index (χ2n) is 6.80. The third-order valence-electron chi connectivity index (χ3n) is 4.34. The summed E-state index contributed by atoms with van der Waals surface area (Å²) in [4.78, 5) is 18.7. The first-order valence-corrected chi connectivity index (χ1v) is 8.27. The second-order valence-corrected chi connectivity index (χ2v) is 7.24. The van der Waals surface area contributed by atoms with Gasteiger partial charge >= 0.3 is 0 Å². The largest absolute Gasteiger partial charge is 0.462 e. The van der Waals surface area contributed by atoms with Crippen LogP contribution >= 0.6 is 11.6 Å². The monoisotopic (exact) mass is 324 g/mol. The molecule has 1 saturated heterocycles. The predicted octanol–water partition coefficient (Wildman–Crippen LogP) is 3.79. The Bertz CT molecular complexity index is 506. The van der Waals surface area contributed by atoms with Gasteiger partial charge in [-0.3, -0.25) is 4.79 Å². The maximum Gasteiger partial charge on any atom is 0.266 e. The number of nitrogens with zero attached hydrogens (tertiary/aromatic N) is 2. The van der Waals surface area contributed by atoms with Gasteiger partial charge in [0.1, 0.15) is 0 Å². The Morgan fingerprint density at radius 2 is 2.00 bits per heavy atom. The van der Waals surface area contributed by atoms with Crippen LogP contribution in [-0.2, 0) is 4.79 Å². The lowest BCUT2D eigenvalue weighted by Gasteiger charge is -2.37. The van der Waals surface area contributed by atoms with Crippen LogP contribution in [0, 0.1) is 11.8 Å². The number of pyridine rings is 1. The summed E-state index contributed by atoms with van der Waals surface area (Å²) >= 11 is 5.81. The van der Waals surface area contributed by atoms with Gasteiger partial charge in [-0.1, -0.05) is 25.4 Å². The number of hydrogen-bond acceptors (Lipinski definition) is 3. The first-order valence-electron chi connectivity index (χ1n) is 7.89. The Hall–Kier alpha value is -1.29. The van der Waals surface area contributed by atoms with Crippen LogP contribution in [0.1, 0.15) is 40.5 Å². The molecule has 1 aliphatic heterocycles. The minimum atomic E-state index is -0.925. The first kappa shape index (κ1) is 17.1. The van der Waals surface area contributed by atoms with Crippen molar-refractivity contribution in [3.05, 3.63) is 23.4 Å². The van der Waals surface area contributed by atoms with E-state index in [1.165, 1.54) is 6.20 Å². The van der Waals surface area contributed by atoms with Gasteiger partial charge in [0.2, 0.25) is 5.88 Å². The molecule has 0 N–H and O–H groups in total. The minimum absolute atomic E-state index is 0.0199. The number of amides is 1. The van der Waals surface area contributed by atoms with Gasteiger partial charge in [0.15, 0.2) is 5.60 Å². The van der Waals surface area contributed by atoms with Gasteiger partial charge in [0.05, 0.1) is 5.02 Å². The van der Waals surface area contributed by atoms with Crippen molar-refractivity contribution in [2.24, 2.45) is 11.8 Å². The van der Waals surface area contributed by atoms with Gasteiger partial charge in [-0.15, -0.1) is 0 Å². The van der Waals surface area contributed by atoms with E-state index in [9.17, 15) is 4.79 Å². The number of halogens is 1. The normalized spacial score (nSPS) is 16.9. The van der Waals surface area contributed by atoms with Crippen LogP contribution in [0.25, 0.3) is 0 Å². The Balaban J connectivity index is 1.97. The molecule has 0 spiro atoms. The van der Waals surface area contributed by atoms with Crippen molar-refractivity contribution in [1.29, 1.82) is 0 Å². The van der Waals surface area contributed by atoms with Crippen LogP contribution in [0.3, 0.4) is 0 Å². The fourth-order valence-corrected chi connectivity index (χ4v) is 2.99. The van der Waals surface area contributed by atoms with Gasteiger partial charge in [-0.2, -0.15) is 0 Å². The van der Waals surface area contributed by atoms with E-state index in [1.807, 2.05) is 4.90 Å². The Labute approximate surface area is 137 Å². The zero-order valence-electron chi connectivity index (χ0n) is 13.8. The van der Waals surface area contributed by atoms with Gasteiger partial charge in [0.25, 0.3) is 5.91 Å². The standard InChI is InChI=1S/C17H25ClN2O2/c1-12(2)13-7-9-20(10-8-13)16(21)17(3,4)22-15-6-5-14(18)11-19-15/h5-6,11-13H,7-10H2,1-4H3. The third-order valence-corrected chi connectivity index (χ3v) is 4.57. The molecule has 0 aliphatic carbocycles. The SMILES string of the molecule is CC(C)C1CCN(C(=O)C(C)(C)Oc2ccc(Cl)cn2)CC1. The van der Waals surface area contributed by atoms with E-state index in [-0.39, 0.29) is 5.91 Å². The molecule has 0 atom stereocenters. The van der Waals surface area contributed by atoms with Crippen molar-refractivity contribution in [2.45, 2.75) is 46.1 Å². The number of ether oxygens (including phenoxy) is 1. The lowest BCUT2D eigenvalue weighted by molar-refractivity contribution is -0.147. The molecule has 1 amide bonds. The number of piperidine rings is 1. The van der Waals surface area contributed by atoms with Gasteiger partial charge < -0.3 is 9.64 Å². The van der Waals surface area contributed by atoms with Crippen LogP contribution in [0.15, 0.2) is 18.3 Å². The zero-order valence-corrected chi connectivity index (χ0v) is 14.6. The first-order chi connectivity index (χ1) is 10.3. The molecule has 122 valence electrons. The highest BCUT2D eigenvalue weighted by Gasteiger charge is 2.36. The van der Waals surface area contributed by atoms with Gasteiger partial charge in [0, 0.05) is 25.4 Å². The summed E-state index contributed by atoms with van der Waals surface area (Å²) in [6.07, 6.45) is 3.66. The highest BCUT2D eigenvalue weighted by Crippen LogP contribution is 2.27. The molecular weight excluding hydrogens is 300 g/mol. The molecule has 0 bridgehead atoms. The van der Waals surface area contributed by atoms with Crippen molar-refractivity contribution in [1.82, 2.24) is 9.88 Å². The Morgan fingerprint density at radius 3 is 2.50 bits per heavy atom. The van der Waals surface area contributed by atoms with E-state index >= 15 is 0 Å². The molecule has 22 heavy (non-hydrogen) atoms.